The zero-order valence-electron chi connectivity index (χ0n) is 8.63. The Balaban J connectivity index is 3.07. The number of benzene rings is 1. The molecule has 6 heteroatoms. The highest BCUT2D eigenvalue weighted by atomic mass is 79.9. The SMILES string of the molecule is CC(CO)Sc1ccc(C(=N)N)c(Br)c1F. The lowest BCUT2D eigenvalue weighted by Crippen LogP contribution is -2.13. The first-order valence-corrected chi connectivity index (χ1v) is 6.24. The summed E-state index contributed by atoms with van der Waals surface area (Å²) in [5.41, 5.74) is 5.63. The molecule has 0 aliphatic carbocycles. The maximum Gasteiger partial charge on any atom is 0.151 e. The Hall–Kier alpha value is -0.590. The van der Waals surface area contributed by atoms with E-state index in [4.69, 9.17) is 16.2 Å². The summed E-state index contributed by atoms with van der Waals surface area (Å²) in [7, 11) is 0. The summed E-state index contributed by atoms with van der Waals surface area (Å²) in [5, 5.41) is 16.1. The highest BCUT2D eigenvalue weighted by molar-refractivity contribution is 9.10. The molecule has 1 aromatic rings. The van der Waals surface area contributed by atoms with Crippen molar-refractivity contribution in [3.8, 4) is 0 Å². The average molecular weight is 307 g/mol. The van der Waals surface area contributed by atoms with Crippen molar-refractivity contribution in [1.29, 1.82) is 5.41 Å². The highest BCUT2D eigenvalue weighted by Gasteiger charge is 2.15. The van der Waals surface area contributed by atoms with Gasteiger partial charge in [-0.25, -0.2) is 4.39 Å². The van der Waals surface area contributed by atoms with Crippen LogP contribution >= 0.6 is 27.7 Å². The van der Waals surface area contributed by atoms with E-state index >= 15 is 0 Å². The van der Waals surface area contributed by atoms with Gasteiger partial charge in [0.1, 0.15) is 5.84 Å². The highest BCUT2D eigenvalue weighted by Crippen LogP contribution is 2.32. The maximum absolute atomic E-state index is 13.8. The molecule has 0 aliphatic heterocycles. The predicted molar refractivity (Wildman–Crippen MR) is 67.5 cm³/mol. The van der Waals surface area contributed by atoms with Crippen LogP contribution in [-0.4, -0.2) is 22.8 Å². The minimum atomic E-state index is -0.446. The van der Waals surface area contributed by atoms with Crippen LogP contribution in [0.5, 0.6) is 0 Å². The minimum Gasteiger partial charge on any atom is -0.395 e. The van der Waals surface area contributed by atoms with E-state index in [1.807, 2.05) is 0 Å². The van der Waals surface area contributed by atoms with Crippen LogP contribution in [0.4, 0.5) is 4.39 Å². The van der Waals surface area contributed by atoms with Gasteiger partial charge in [0, 0.05) is 15.7 Å². The van der Waals surface area contributed by atoms with Gasteiger partial charge in [-0.3, -0.25) is 5.41 Å². The Morgan fingerprint density at radius 1 is 1.69 bits per heavy atom. The minimum absolute atomic E-state index is 0.0177. The molecule has 16 heavy (non-hydrogen) atoms. The molecule has 0 bridgehead atoms. The number of amidine groups is 1. The van der Waals surface area contributed by atoms with Gasteiger partial charge in [-0.15, -0.1) is 11.8 Å². The third-order valence-electron chi connectivity index (χ3n) is 1.92. The fraction of sp³-hybridized carbons (Fsp3) is 0.300. The van der Waals surface area contributed by atoms with Gasteiger partial charge in [0.2, 0.25) is 0 Å². The van der Waals surface area contributed by atoms with Crippen molar-refractivity contribution in [3.63, 3.8) is 0 Å². The average Bonchev–Trinajstić information content (AvgIpc) is 2.24. The number of hydrogen-bond acceptors (Lipinski definition) is 3. The quantitative estimate of drug-likeness (QED) is 0.454. The van der Waals surface area contributed by atoms with E-state index in [1.54, 1.807) is 19.1 Å². The molecule has 0 saturated carbocycles. The van der Waals surface area contributed by atoms with Crippen molar-refractivity contribution in [2.24, 2.45) is 5.73 Å². The first kappa shape index (κ1) is 13.5. The summed E-state index contributed by atoms with van der Waals surface area (Å²) in [6.07, 6.45) is 0. The number of nitrogen functional groups attached to an aromatic ring is 1. The second-order valence-electron chi connectivity index (χ2n) is 3.26. The van der Waals surface area contributed by atoms with Crippen LogP contribution in [0.1, 0.15) is 12.5 Å². The van der Waals surface area contributed by atoms with Crippen molar-refractivity contribution < 1.29 is 9.50 Å². The van der Waals surface area contributed by atoms with Gasteiger partial charge in [-0.2, -0.15) is 0 Å². The molecule has 3 nitrogen and oxygen atoms in total. The van der Waals surface area contributed by atoms with E-state index in [9.17, 15) is 4.39 Å². The van der Waals surface area contributed by atoms with Gasteiger partial charge in [-0.1, -0.05) is 6.92 Å². The predicted octanol–water partition coefficient (Wildman–Crippen LogP) is 2.35. The Morgan fingerprint density at radius 2 is 2.31 bits per heavy atom. The summed E-state index contributed by atoms with van der Waals surface area (Å²) in [4.78, 5) is 0.429. The fourth-order valence-corrected chi connectivity index (χ4v) is 2.64. The number of nitrogens with two attached hydrogens (primary N) is 1. The van der Waals surface area contributed by atoms with E-state index < -0.39 is 5.82 Å². The molecule has 0 amide bonds. The van der Waals surface area contributed by atoms with Crippen molar-refractivity contribution in [2.75, 3.05) is 6.61 Å². The molecular weight excluding hydrogens is 295 g/mol. The van der Waals surface area contributed by atoms with E-state index in [0.29, 0.717) is 10.5 Å². The van der Waals surface area contributed by atoms with Crippen LogP contribution in [0.15, 0.2) is 21.5 Å². The molecule has 1 aromatic carbocycles. The van der Waals surface area contributed by atoms with E-state index in [0.717, 1.165) is 0 Å². The molecule has 4 N–H and O–H groups in total. The molecule has 88 valence electrons. The summed E-state index contributed by atoms with van der Waals surface area (Å²) >= 11 is 4.31. The van der Waals surface area contributed by atoms with Crippen molar-refractivity contribution in [2.45, 2.75) is 17.1 Å². The standard InChI is InChI=1S/C10H12BrFN2OS/c1-5(4-15)16-7-3-2-6(10(13)14)8(11)9(7)12/h2-3,5,15H,4H2,1H3,(H3,13,14). The van der Waals surface area contributed by atoms with Crippen molar-refractivity contribution in [3.05, 3.63) is 28.0 Å². The van der Waals surface area contributed by atoms with E-state index in [1.165, 1.54) is 11.8 Å². The molecule has 0 aliphatic rings. The molecule has 0 aromatic heterocycles. The van der Waals surface area contributed by atoms with Crippen molar-refractivity contribution >= 4 is 33.5 Å². The Bertz CT molecular complexity index is 414. The van der Waals surface area contributed by atoms with Crippen LogP contribution in [0, 0.1) is 11.2 Å². The third-order valence-corrected chi connectivity index (χ3v) is 3.82. The lowest BCUT2D eigenvalue weighted by atomic mass is 10.2. The van der Waals surface area contributed by atoms with Gasteiger partial charge >= 0.3 is 0 Å². The second kappa shape index (κ2) is 5.65. The number of aliphatic hydroxyl groups excluding tert-OH is 1. The van der Waals surface area contributed by atoms with Crippen LogP contribution in [0.25, 0.3) is 0 Å². The van der Waals surface area contributed by atoms with Crippen LogP contribution < -0.4 is 5.73 Å². The summed E-state index contributed by atoms with van der Waals surface area (Å²) in [5.74, 6) is -0.629. The van der Waals surface area contributed by atoms with Gasteiger partial charge in [0.15, 0.2) is 5.82 Å². The molecule has 0 spiro atoms. The van der Waals surface area contributed by atoms with Gasteiger partial charge in [0.25, 0.3) is 0 Å². The van der Waals surface area contributed by atoms with Crippen LogP contribution in [0.3, 0.4) is 0 Å². The molecule has 0 radical (unpaired) electrons. The van der Waals surface area contributed by atoms with Crippen LogP contribution in [0.2, 0.25) is 0 Å². The third kappa shape index (κ3) is 2.96. The number of nitrogens with one attached hydrogen (secondary N) is 1. The molecule has 1 unspecified atom stereocenters. The van der Waals surface area contributed by atoms with Crippen LogP contribution in [-0.2, 0) is 0 Å². The number of hydrogen-bond donors (Lipinski definition) is 3. The zero-order chi connectivity index (χ0) is 12.3. The van der Waals surface area contributed by atoms with E-state index in [2.05, 4.69) is 15.9 Å². The van der Waals surface area contributed by atoms with E-state index in [-0.39, 0.29) is 22.2 Å². The van der Waals surface area contributed by atoms with Gasteiger partial charge in [0.05, 0.1) is 11.1 Å². The molecular formula is C10H12BrFN2OS. The smallest absolute Gasteiger partial charge is 0.151 e. The molecule has 1 rings (SSSR count). The largest absolute Gasteiger partial charge is 0.395 e. The number of rotatable bonds is 4. The molecule has 0 saturated heterocycles. The molecule has 1 atom stereocenters. The summed E-state index contributed by atoms with van der Waals surface area (Å²) in [6.45, 7) is 1.78. The fourth-order valence-electron chi connectivity index (χ4n) is 1.08. The summed E-state index contributed by atoms with van der Waals surface area (Å²) in [6, 6.07) is 3.15. The number of aliphatic hydroxyl groups is 1. The molecule has 0 fully saturated rings. The topological polar surface area (TPSA) is 70.1 Å². The normalized spacial score (nSPS) is 12.5. The second-order valence-corrected chi connectivity index (χ2v) is 5.54. The Kier molecular flexibility index (Phi) is 4.76. The first-order chi connectivity index (χ1) is 7.47. The summed E-state index contributed by atoms with van der Waals surface area (Å²) < 4.78 is 14.0. The Labute approximate surface area is 106 Å². The number of halogens is 2. The van der Waals surface area contributed by atoms with Gasteiger partial charge < -0.3 is 10.8 Å². The maximum atomic E-state index is 13.8. The number of thioether (sulfide) groups is 1. The first-order valence-electron chi connectivity index (χ1n) is 4.57. The monoisotopic (exact) mass is 306 g/mol. The zero-order valence-corrected chi connectivity index (χ0v) is 11.0. The lowest BCUT2D eigenvalue weighted by molar-refractivity contribution is 0.300. The van der Waals surface area contributed by atoms with Crippen molar-refractivity contribution in [1.82, 2.24) is 0 Å². The molecule has 0 heterocycles. The Morgan fingerprint density at radius 3 is 2.81 bits per heavy atom. The lowest BCUT2D eigenvalue weighted by Gasteiger charge is -2.11. The van der Waals surface area contributed by atoms with Gasteiger partial charge in [-0.05, 0) is 28.1 Å².